The Labute approximate surface area is 201 Å². The number of hydrogen-bond donors (Lipinski definition) is 1. The minimum Gasteiger partial charge on any atom is -0.461 e. The smallest absolute Gasteiger partial charge is 0.359 e. The molecule has 1 amide bonds. The first-order valence-electron chi connectivity index (χ1n) is 10.9. The number of aromatic nitrogens is 2. The van der Waals surface area contributed by atoms with Gasteiger partial charge in [0.15, 0.2) is 5.69 Å². The van der Waals surface area contributed by atoms with Gasteiger partial charge in [0.25, 0.3) is 11.5 Å². The number of fused-ring (bicyclic) bond motifs is 1. The number of nitrogens with one attached hydrogen (secondary N) is 1. The van der Waals surface area contributed by atoms with E-state index in [2.05, 4.69) is 10.4 Å². The summed E-state index contributed by atoms with van der Waals surface area (Å²) in [6.45, 7) is 9.63. The minimum absolute atomic E-state index is 0.0258. The zero-order chi connectivity index (χ0) is 24.6. The lowest BCUT2D eigenvalue weighted by atomic mass is 10.1. The Kier molecular flexibility index (Phi) is 6.34. The minimum atomic E-state index is -0.630. The van der Waals surface area contributed by atoms with Crippen LogP contribution in [0.2, 0.25) is 0 Å². The predicted octanol–water partition coefficient (Wildman–Crippen LogP) is 5.11. The number of benzene rings is 2. The van der Waals surface area contributed by atoms with Crippen molar-refractivity contribution in [2.75, 3.05) is 11.9 Å². The number of anilines is 1. The van der Waals surface area contributed by atoms with E-state index in [0.717, 1.165) is 22.3 Å². The SMILES string of the molecule is CCOC(=O)c1nn(-c2ccc(C)c(C)c2)c(=O)c2c(NC(=O)c3cc(C)cc(C)c3)scc12. The van der Waals surface area contributed by atoms with Crippen molar-refractivity contribution in [3.8, 4) is 5.69 Å². The molecule has 0 radical (unpaired) electrons. The molecule has 0 unspecified atom stereocenters. The number of amides is 1. The van der Waals surface area contributed by atoms with Gasteiger partial charge in [-0.1, -0.05) is 23.3 Å². The van der Waals surface area contributed by atoms with E-state index in [-0.39, 0.29) is 23.6 Å². The lowest BCUT2D eigenvalue weighted by Gasteiger charge is -2.11. The third-order valence-electron chi connectivity index (χ3n) is 5.57. The molecule has 0 aliphatic rings. The van der Waals surface area contributed by atoms with Crippen LogP contribution in [-0.2, 0) is 4.74 Å². The van der Waals surface area contributed by atoms with Gasteiger partial charge in [-0.25, -0.2) is 4.79 Å². The zero-order valence-corrected chi connectivity index (χ0v) is 20.5. The van der Waals surface area contributed by atoms with Gasteiger partial charge in [-0.2, -0.15) is 9.78 Å². The van der Waals surface area contributed by atoms with Gasteiger partial charge in [0.1, 0.15) is 5.00 Å². The summed E-state index contributed by atoms with van der Waals surface area (Å²) in [6, 6.07) is 11.1. The molecule has 0 spiro atoms. The molecule has 8 heteroatoms. The Hall–Kier alpha value is -3.78. The highest BCUT2D eigenvalue weighted by atomic mass is 32.1. The van der Waals surface area contributed by atoms with Crippen LogP contribution in [0.5, 0.6) is 0 Å². The molecule has 0 atom stereocenters. The molecule has 7 nitrogen and oxygen atoms in total. The van der Waals surface area contributed by atoms with E-state index < -0.39 is 11.5 Å². The molecule has 0 aliphatic carbocycles. The summed E-state index contributed by atoms with van der Waals surface area (Å²) in [4.78, 5) is 39.3. The molecule has 0 bridgehead atoms. The van der Waals surface area contributed by atoms with Crippen LogP contribution in [0.1, 0.15) is 50.0 Å². The molecule has 1 N–H and O–H groups in total. The average Bonchev–Trinajstić information content (AvgIpc) is 3.19. The molecule has 0 fully saturated rings. The fourth-order valence-electron chi connectivity index (χ4n) is 3.81. The maximum Gasteiger partial charge on any atom is 0.359 e. The van der Waals surface area contributed by atoms with Gasteiger partial charge >= 0.3 is 5.97 Å². The lowest BCUT2D eigenvalue weighted by Crippen LogP contribution is -2.25. The van der Waals surface area contributed by atoms with Crippen LogP contribution in [0.3, 0.4) is 0 Å². The normalized spacial score (nSPS) is 11.0. The molecular weight excluding hydrogens is 450 g/mol. The number of hydrogen-bond acceptors (Lipinski definition) is 6. The lowest BCUT2D eigenvalue weighted by molar-refractivity contribution is 0.0520. The monoisotopic (exact) mass is 475 g/mol. The van der Waals surface area contributed by atoms with E-state index in [1.54, 1.807) is 30.5 Å². The Morgan fingerprint density at radius 3 is 2.38 bits per heavy atom. The van der Waals surface area contributed by atoms with Gasteiger partial charge in [-0.3, -0.25) is 9.59 Å². The van der Waals surface area contributed by atoms with Crippen LogP contribution in [0, 0.1) is 27.7 Å². The van der Waals surface area contributed by atoms with E-state index in [1.165, 1.54) is 16.0 Å². The van der Waals surface area contributed by atoms with Gasteiger partial charge in [0.2, 0.25) is 0 Å². The van der Waals surface area contributed by atoms with Gasteiger partial charge in [0, 0.05) is 16.3 Å². The molecule has 2 heterocycles. The summed E-state index contributed by atoms with van der Waals surface area (Å²) in [5, 5.41) is 9.80. The standard InChI is InChI=1S/C26H25N3O4S/c1-6-33-26(32)22-20-13-34-24(27-23(30)18-10-14(2)9-15(3)11-18)21(20)25(31)29(28-22)19-8-7-16(4)17(5)12-19/h7-13H,6H2,1-5H3,(H,27,30). The highest BCUT2D eigenvalue weighted by Gasteiger charge is 2.23. The maximum absolute atomic E-state index is 13.6. The summed E-state index contributed by atoms with van der Waals surface area (Å²) in [6.07, 6.45) is 0. The molecule has 0 saturated carbocycles. The molecule has 0 saturated heterocycles. The van der Waals surface area contributed by atoms with Crippen molar-refractivity contribution in [1.29, 1.82) is 0 Å². The van der Waals surface area contributed by atoms with Crippen LogP contribution >= 0.6 is 11.3 Å². The highest BCUT2D eigenvalue weighted by Crippen LogP contribution is 2.31. The van der Waals surface area contributed by atoms with Gasteiger partial charge in [-0.15, -0.1) is 11.3 Å². The van der Waals surface area contributed by atoms with Crippen LogP contribution in [0.25, 0.3) is 16.5 Å². The third-order valence-corrected chi connectivity index (χ3v) is 6.46. The number of aryl methyl sites for hydroxylation is 4. The summed E-state index contributed by atoms with van der Waals surface area (Å²) in [7, 11) is 0. The number of carbonyl (C=O) groups excluding carboxylic acids is 2. The molecular formula is C26H25N3O4S. The number of carbonyl (C=O) groups is 2. The summed E-state index contributed by atoms with van der Waals surface area (Å²) in [5.74, 6) is -0.961. The first-order chi connectivity index (χ1) is 16.2. The van der Waals surface area contributed by atoms with Gasteiger partial charge in [-0.05, 0) is 70.0 Å². The van der Waals surface area contributed by atoms with Crippen LogP contribution < -0.4 is 10.9 Å². The van der Waals surface area contributed by atoms with E-state index in [0.29, 0.717) is 21.6 Å². The Morgan fingerprint density at radius 2 is 1.74 bits per heavy atom. The second kappa shape index (κ2) is 9.23. The van der Waals surface area contributed by atoms with Crippen molar-refractivity contribution in [1.82, 2.24) is 9.78 Å². The molecule has 2 aromatic heterocycles. The molecule has 4 aromatic rings. The maximum atomic E-state index is 13.6. The number of esters is 1. The Balaban J connectivity index is 1.89. The first-order valence-corrected chi connectivity index (χ1v) is 11.8. The predicted molar refractivity (Wildman–Crippen MR) is 135 cm³/mol. The zero-order valence-electron chi connectivity index (χ0n) is 19.7. The largest absolute Gasteiger partial charge is 0.461 e. The number of ether oxygens (including phenoxy) is 1. The van der Waals surface area contributed by atoms with Crippen molar-refractivity contribution < 1.29 is 14.3 Å². The van der Waals surface area contributed by atoms with Crippen LogP contribution in [0.15, 0.2) is 46.6 Å². The topological polar surface area (TPSA) is 90.3 Å². The second-order valence-corrected chi connectivity index (χ2v) is 9.12. The molecule has 174 valence electrons. The third kappa shape index (κ3) is 4.36. The Bertz CT molecular complexity index is 1480. The van der Waals surface area contributed by atoms with E-state index >= 15 is 0 Å². The van der Waals surface area contributed by atoms with E-state index in [9.17, 15) is 14.4 Å². The number of rotatable bonds is 5. The van der Waals surface area contributed by atoms with Gasteiger partial charge in [0.05, 0.1) is 17.7 Å². The second-order valence-electron chi connectivity index (χ2n) is 8.24. The van der Waals surface area contributed by atoms with Crippen molar-refractivity contribution in [3.63, 3.8) is 0 Å². The fourth-order valence-corrected chi connectivity index (χ4v) is 4.74. The first kappa shape index (κ1) is 23.4. The van der Waals surface area contributed by atoms with Crippen molar-refractivity contribution >= 4 is 39.0 Å². The molecule has 2 aromatic carbocycles. The quantitative estimate of drug-likeness (QED) is 0.405. The van der Waals surface area contributed by atoms with Crippen molar-refractivity contribution in [2.24, 2.45) is 0 Å². The molecule has 0 aliphatic heterocycles. The number of thiophene rings is 1. The number of nitrogens with zero attached hydrogens (tertiary/aromatic N) is 2. The van der Waals surface area contributed by atoms with Gasteiger partial charge < -0.3 is 10.1 Å². The van der Waals surface area contributed by atoms with Crippen molar-refractivity contribution in [2.45, 2.75) is 34.6 Å². The van der Waals surface area contributed by atoms with E-state index in [1.807, 2.05) is 45.9 Å². The molecule has 4 rings (SSSR count). The van der Waals surface area contributed by atoms with Crippen LogP contribution in [-0.4, -0.2) is 28.3 Å². The summed E-state index contributed by atoms with van der Waals surface area (Å²) < 4.78 is 6.39. The average molecular weight is 476 g/mol. The summed E-state index contributed by atoms with van der Waals surface area (Å²) in [5.41, 5.74) is 4.60. The molecule has 34 heavy (non-hydrogen) atoms. The van der Waals surface area contributed by atoms with E-state index in [4.69, 9.17) is 4.74 Å². The summed E-state index contributed by atoms with van der Waals surface area (Å²) >= 11 is 1.17. The van der Waals surface area contributed by atoms with Crippen molar-refractivity contribution in [3.05, 3.63) is 85.6 Å². The fraction of sp³-hybridized carbons (Fsp3) is 0.231. The Morgan fingerprint density at radius 1 is 1.03 bits per heavy atom. The highest BCUT2D eigenvalue weighted by molar-refractivity contribution is 7.16. The van der Waals surface area contributed by atoms with Crippen LogP contribution in [0.4, 0.5) is 5.00 Å².